The van der Waals surface area contributed by atoms with Crippen LogP contribution in [-0.2, 0) is 21.3 Å². The number of rotatable bonds is 8. The summed E-state index contributed by atoms with van der Waals surface area (Å²) in [6, 6.07) is 0. The van der Waals surface area contributed by atoms with Gasteiger partial charge in [0.05, 0.1) is 26.9 Å². The van der Waals surface area contributed by atoms with E-state index in [0.29, 0.717) is 42.3 Å². The number of ether oxygens (including phenoxy) is 2. The van der Waals surface area contributed by atoms with E-state index in [4.69, 9.17) is 9.47 Å². The Kier molecular flexibility index (Phi) is 7.31. The number of aromatic nitrogens is 1. The highest BCUT2D eigenvalue weighted by Gasteiger charge is 2.32. The molecule has 2 heterocycles. The van der Waals surface area contributed by atoms with Gasteiger partial charge in [-0.25, -0.2) is 4.79 Å². The number of hydrogen-bond acceptors (Lipinski definition) is 6. The molecule has 0 atom stereocenters. The number of carbonyl (C=O) groups excluding carboxylic acids is 3. The number of hydrogen-bond donors (Lipinski definition) is 0. The Balaban J connectivity index is 1.77. The highest BCUT2D eigenvalue weighted by atomic mass is 16.5. The van der Waals surface area contributed by atoms with Crippen LogP contribution in [0, 0.1) is 19.8 Å². The number of Topliss-reactive ketones (excluding diaryl/α,β-unsaturated/α-hetero) is 1. The number of carbonyl (C=O) groups is 3. The van der Waals surface area contributed by atoms with Crippen molar-refractivity contribution in [3.63, 3.8) is 0 Å². The maximum absolute atomic E-state index is 13.3. The Bertz CT molecular complexity index is 806. The Morgan fingerprint density at radius 2 is 1.83 bits per heavy atom. The van der Waals surface area contributed by atoms with Gasteiger partial charge in [0, 0.05) is 50.4 Å². The summed E-state index contributed by atoms with van der Waals surface area (Å²) in [5.74, 6) is -0.495. The number of methoxy groups -OCH3 is 1. The van der Waals surface area contributed by atoms with E-state index in [9.17, 15) is 14.4 Å². The van der Waals surface area contributed by atoms with E-state index in [0.717, 1.165) is 38.9 Å². The van der Waals surface area contributed by atoms with Crippen molar-refractivity contribution in [3.05, 3.63) is 22.5 Å². The molecule has 1 aliphatic heterocycles. The zero-order chi connectivity index (χ0) is 21.8. The fraction of sp³-hybridized carbons (Fsp3) is 0.682. The Hall–Kier alpha value is -2.19. The van der Waals surface area contributed by atoms with Gasteiger partial charge >= 0.3 is 5.97 Å². The van der Waals surface area contributed by atoms with Gasteiger partial charge in [-0.1, -0.05) is 6.42 Å². The number of morpholine rings is 1. The summed E-state index contributed by atoms with van der Waals surface area (Å²) in [5, 5.41) is 0. The number of nitrogens with zero attached hydrogens (tertiary/aromatic N) is 3. The third-order valence-corrected chi connectivity index (χ3v) is 6.48. The minimum absolute atomic E-state index is 0.0334. The number of amides is 1. The second kappa shape index (κ2) is 9.75. The van der Waals surface area contributed by atoms with Crippen LogP contribution in [0.15, 0.2) is 0 Å². The lowest BCUT2D eigenvalue weighted by Gasteiger charge is -2.34. The van der Waals surface area contributed by atoms with E-state index in [-0.39, 0.29) is 24.2 Å². The van der Waals surface area contributed by atoms with Crippen LogP contribution in [0.25, 0.3) is 0 Å². The van der Waals surface area contributed by atoms with Crippen LogP contribution in [0.4, 0.5) is 0 Å². The first kappa shape index (κ1) is 22.5. The van der Waals surface area contributed by atoms with Gasteiger partial charge in [-0.3, -0.25) is 14.5 Å². The lowest BCUT2D eigenvalue weighted by Crippen LogP contribution is -2.47. The van der Waals surface area contributed by atoms with Crippen molar-refractivity contribution in [3.8, 4) is 0 Å². The van der Waals surface area contributed by atoms with E-state index in [2.05, 4.69) is 4.90 Å². The summed E-state index contributed by atoms with van der Waals surface area (Å²) in [6.45, 7) is 7.97. The van der Waals surface area contributed by atoms with Gasteiger partial charge in [-0.2, -0.15) is 0 Å². The smallest absolute Gasteiger partial charge is 0.354 e. The largest absolute Gasteiger partial charge is 0.464 e. The van der Waals surface area contributed by atoms with Crippen LogP contribution in [0.2, 0.25) is 0 Å². The molecule has 1 amide bonds. The standard InChI is InChI=1S/C22H33N3O5/c1-15-19(16(2)23(3)20(15)22(28)29-4)18(26)14-25(21(27)17-6-5-7-17)9-8-24-10-12-30-13-11-24/h17H,5-14H2,1-4H3. The minimum atomic E-state index is -0.466. The van der Waals surface area contributed by atoms with Crippen molar-refractivity contribution in [1.82, 2.24) is 14.4 Å². The molecule has 1 saturated heterocycles. The quantitative estimate of drug-likeness (QED) is 0.470. The molecule has 2 aliphatic rings. The van der Waals surface area contributed by atoms with Gasteiger partial charge < -0.3 is 18.9 Å². The average molecular weight is 420 g/mol. The zero-order valence-corrected chi connectivity index (χ0v) is 18.5. The third-order valence-electron chi connectivity index (χ3n) is 6.48. The Morgan fingerprint density at radius 1 is 1.17 bits per heavy atom. The van der Waals surface area contributed by atoms with Crippen molar-refractivity contribution in [2.45, 2.75) is 33.1 Å². The molecule has 166 valence electrons. The fourth-order valence-corrected chi connectivity index (χ4v) is 4.29. The molecule has 0 spiro atoms. The van der Waals surface area contributed by atoms with Gasteiger partial charge in [0.25, 0.3) is 0 Å². The molecule has 1 aliphatic carbocycles. The molecule has 8 heteroatoms. The van der Waals surface area contributed by atoms with Crippen molar-refractivity contribution >= 4 is 17.7 Å². The lowest BCUT2D eigenvalue weighted by atomic mass is 9.84. The number of esters is 1. The van der Waals surface area contributed by atoms with Crippen molar-refractivity contribution < 1.29 is 23.9 Å². The summed E-state index contributed by atoms with van der Waals surface area (Å²) in [5.41, 5.74) is 2.21. The monoisotopic (exact) mass is 419 g/mol. The van der Waals surface area contributed by atoms with Crippen molar-refractivity contribution in [1.29, 1.82) is 0 Å². The summed E-state index contributed by atoms with van der Waals surface area (Å²) in [4.78, 5) is 42.4. The summed E-state index contributed by atoms with van der Waals surface area (Å²) in [6.07, 6.45) is 2.87. The van der Waals surface area contributed by atoms with Crippen LogP contribution in [0.3, 0.4) is 0 Å². The highest BCUT2D eigenvalue weighted by molar-refractivity contribution is 6.04. The summed E-state index contributed by atoms with van der Waals surface area (Å²) < 4.78 is 12.0. The van der Waals surface area contributed by atoms with E-state index >= 15 is 0 Å². The van der Waals surface area contributed by atoms with Crippen LogP contribution in [0.5, 0.6) is 0 Å². The maximum Gasteiger partial charge on any atom is 0.354 e. The molecule has 1 aromatic rings. The van der Waals surface area contributed by atoms with Gasteiger partial charge in [0.15, 0.2) is 5.78 Å². The van der Waals surface area contributed by atoms with Gasteiger partial charge in [0.1, 0.15) is 5.69 Å². The summed E-state index contributed by atoms with van der Waals surface area (Å²) >= 11 is 0. The molecule has 1 saturated carbocycles. The van der Waals surface area contributed by atoms with E-state index in [1.165, 1.54) is 7.11 Å². The van der Waals surface area contributed by atoms with Crippen LogP contribution < -0.4 is 0 Å². The zero-order valence-electron chi connectivity index (χ0n) is 18.5. The lowest BCUT2D eigenvalue weighted by molar-refractivity contribution is -0.138. The molecular weight excluding hydrogens is 386 g/mol. The normalized spacial score (nSPS) is 17.5. The van der Waals surface area contributed by atoms with Crippen LogP contribution in [0.1, 0.15) is 51.4 Å². The second-order valence-corrected chi connectivity index (χ2v) is 8.25. The first-order valence-electron chi connectivity index (χ1n) is 10.7. The van der Waals surface area contributed by atoms with Crippen molar-refractivity contribution in [2.75, 3.05) is 53.0 Å². The van der Waals surface area contributed by atoms with Crippen molar-refractivity contribution in [2.24, 2.45) is 13.0 Å². The summed E-state index contributed by atoms with van der Waals surface area (Å²) in [7, 11) is 3.08. The van der Waals surface area contributed by atoms with Crippen LogP contribution in [-0.4, -0.2) is 85.1 Å². The molecule has 0 N–H and O–H groups in total. The molecular formula is C22H33N3O5. The van der Waals surface area contributed by atoms with Gasteiger partial charge in [-0.15, -0.1) is 0 Å². The molecule has 1 aromatic heterocycles. The Morgan fingerprint density at radius 3 is 2.40 bits per heavy atom. The molecule has 0 aromatic carbocycles. The maximum atomic E-state index is 13.3. The van der Waals surface area contributed by atoms with E-state index in [1.807, 2.05) is 6.92 Å². The van der Waals surface area contributed by atoms with E-state index < -0.39 is 5.97 Å². The van der Waals surface area contributed by atoms with Gasteiger partial charge in [-0.05, 0) is 32.3 Å². The molecule has 3 rings (SSSR count). The molecule has 0 bridgehead atoms. The van der Waals surface area contributed by atoms with Crippen LogP contribution >= 0.6 is 0 Å². The topological polar surface area (TPSA) is 81.1 Å². The third kappa shape index (κ3) is 4.59. The predicted octanol–water partition coefficient (Wildman–Crippen LogP) is 1.57. The second-order valence-electron chi connectivity index (χ2n) is 8.25. The average Bonchev–Trinajstić information content (AvgIpc) is 2.92. The first-order chi connectivity index (χ1) is 14.3. The highest BCUT2D eigenvalue weighted by Crippen LogP contribution is 2.29. The predicted molar refractivity (Wildman–Crippen MR) is 112 cm³/mol. The minimum Gasteiger partial charge on any atom is -0.464 e. The molecule has 0 radical (unpaired) electrons. The Labute approximate surface area is 178 Å². The SMILES string of the molecule is COC(=O)c1c(C)c(C(=O)CN(CCN2CCOCC2)C(=O)C2CCC2)c(C)n1C. The molecule has 8 nitrogen and oxygen atoms in total. The number of ketones is 1. The molecule has 0 unspecified atom stereocenters. The molecule has 30 heavy (non-hydrogen) atoms. The molecule has 2 fully saturated rings. The fourth-order valence-electron chi connectivity index (χ4n) is 4.29. The first-order valence-corrected chi connectivity index (χ1v) is 10.7. The van der Waals surface area contributed by atoms with E-state index in [1.54, 1.807) is 23.4 Å². The van der Waals surface area contributed by atoms with Gasteiger partial charge in [0.2, 0.25) is 5.91 Å².